The van der Waals surface area contributed by atoms with Crippen LogP contribution in [0.25, 0.3) is 11.3 Å². The molecule has 33 heavy (non-hydrogen) atoms. The van der Waals surface area contributed by atoms with Crippen LogP contribution in [-0.4, -0.2) is 42.5 Å². The maximum atomic E-state index is 11.9. The fraction of sp³-hybridized carbons (Fsp3) is 0.480. The Morgan fingerprint density at radius 1 is 1.18 bits per heavy atom. The lowest BCUT2D eigenvalue weighted by Gasteiger charge is -2.21. The van der Waals surface area contributed by atoms with Crippen molar-refractivity contribution in [3.63, 3.8) is 0 Å². The molecule has 8 heteroatoms. The number of aryl methyl sites for hydroxylation is 2. The predicted octanol–water partition coefficient (Wildman–Crippen LogP) is 5.06. The number of hydrogen-bond acceptors (Lipinski definition) is 7. The van der Waals surface area contributed by atoms with Crippen molar-refractivity contribution in [2.75, 3.05) is 20.3 Å². The number of carbonyl (C=O) groups excluding carboxylic acids is 1. The van der Waals surface area contributed by atoms with Gasteiger partial charge in [0.2, 0.25) is 6.29 Å². The van der Waals surface area contributed by atoms with Gasteiger partial charge in [-0.15, -0.1) is 0 Å². The summed E-state index contributed by atoms with van der Waals surface area (Å²) >= 11 is 0. The molecule has 2 rings (SSSR count). The van der Waals surface area contributed by atoms with Crippen LogP contribution in [0.15, 0.2) is 30.3 Å². The minimum atomic E-state index is -1.01. The molecule has 1 unspecified atom stereocenters. The van der Waals surface area contributed by atoms with E-state index < -0.39 is 12.4 Å². The molecule has 8 nitrogen and oxygen atoms in total. The number of benzene rings is 1. The Bertz CT molecular complexity index is 1010. The lowest BCUT2D eigenvalue weighted by Crippen LogP contribution is -2.21. The molecule has 0 aliphatic carbocycles. The summed E-state index contributed by atoms with van der Waals surface area (Å²) in [6, 6.07) is 11.9. The first-order valence-electron chi connectivity index (χ1n) is 10.9. The van der Waals surface area contributed by atoms with E-state index in [0.717, 1.165) is 11.3 Å². The summed E-state index contributed by atoms with van der Waals surface area (Å²) in [7, 11) is 1.51. The summed E-state index contributed by atoms with van der Waals surface area (Å²) in [6.07, 6.45) is -1.89. The van der Waals surface area contributed by atoms with Crippen LogP contribution in [0.3, 0.4) is 0 Å². The molecule has 0 spiro atoms. The maximum Gasteiger partial charge on any atom is 0.511 e. The first kappa shape index (κ1) is 25.9. The lowest BCUT2D eigenvalue weighted by molar-refractivity contribution is -0.0701. The molecule has 2 aromatic rings. The molecule has 1 aromatic carbocycles. The Hall–Kier alpha value is -3.31. The monoisotopic (exact) mass is 455 g/mol. The fourth-order valence-electron chi connectivity index (χ4n) is 3.17. The van der Waals surface area contributed by atoms with Gasteiger partial charge in [-0.2, -0.15) is 10.4 Å². The van der Waals surface area contributed by atoms with E-state index in [9.17, 15) is 10.1 Å². The molecule has 178 valence electrons. The van der Waals surface area contributed by atoms with E-state index in [-0.39, 0.29) is 24.4 Å². The van der Waals surface area contributed by atoms with Crippen LogP contribution in [0.4, 0.5) is 4.79 Å². The molecule has 0 fully saturated rings. The molecule has 0 aliphatic heterocycles. The Balaban J connectivity index is 2.46. The van der Waals surface area contributed by atoms with Gasteiger partial charge in [0, 0.05) is 20.6 Å². The quantitative estimate of drug-likeness (QED) is 0.171. The predicted molar refractivity (Wildman–Crippen MR) is 125 cm³/mol. The average Bonchev–Trinajstić information content (AvgIpc) is 3.14. The highest BCUT2D eigenvalue weighted by atomic mass is 16.8. The molecule has 0 radical (unpaired) electrons. The molecule has 0 amide bonds. The first-order chi connectivity index (χ1) is 15.6. The highest BCUT2D eigenvalue weighted by molar-refractivity contribution is 5.94. The third-order valence-electron chi connectivity index (χ3n) is 4.87. The molecule has 0 saturated heterocycles. The van der Waals surface area contributed by atoms with Crippen molar-refractivity contribution in [3.05, 3.63) is 52.8 Å². The second-order valence-corrected chi connectivity index (χ2v) is 8.52. The van der Waals surface area contributed by atoms with Crippen LogP contribution in [0.2, 0.25) is 0 Å². The van der Waals surface area contributed by atoms with Gasteiger partial charge < -0.3 is 18.9 Å². The topological polar surface area (TPSA) is 95.6 Å². The van der Waals surface area contributed by atoms with E-state index in [0.29, 0.717) is 23.4 Å². The van der Waals surface area contributed by atoms with E-state index in [2.05, 4.69) is 31.9 Å². The van der Waals surface area contributed by atoms with E-state index in [1.807, 2.05) is 44.2 Å². The van der Waals surface area contributed by atoms with Gasteiger partial charge in [-0.25, -0.2) is 4.79 Å². The summed E-state index contributed by atoms with van der Waals surface area (Å²) in [5.74, 6) is 0.278. The zero-order valence-electron chi connectivity index (χ0n) is 20.5. The number of allylic oxidation sites excluding steroid dienone is 1. The number of nitrogens with zero attached hydrogens (tertiary/aromatic N) is 3. The molecule has 1 atom stereocenters. The largest absolute Gasteiger partial charge is 0.511 e. The molecular weight excluding hydrogens is 422 g/mol. The van der Waals surface area contributed by atoms with Gasteiger partial charge in [0.25, 0.3) is 0 Å². The number of carbonyl (C=O) groups is 1. The molecular formula is C25H33N3O5. The highest BCUT2D eigenvalue weighted by Crippen LogP contribution is 2.31. The summed E-state index contributed by atoms with van der Waals surface area (Å²) in [5, 5.41) is 14.6. The molecule has 1 aromatic heterocycles. The zero-order valence-corrected chi connectivity index (χ0v) is 20.5. The third-order valence-corrected chi connectivity index (χ3v) is 4.87. The second kappa shape index (κ2) is 11.5. The van der Waals surface area contributed by atoms with Crippen LogP contribution < -0.4 is 0 Å². The van der Waals surface area contributed by atoms with Crippen molar-refractivity contribution >= 4 is 17.5 Å². The van der Waals surface area contributed by atoms with Gasteiger partial charge in [0.15, 0.2) is 5.76 Å². The SMILES string of the molecule is CCn1nc(C)cc1/C(OC(C)OC(=O)OCCOC)=C(\C#N)c1ccc(C(C)(C)C)cc1. The third kappa shape index (κ3) is 7.09. The van der Waals surface area contributed by atoms with E-state index in [1.54, 1.807) is 11.6 Å². The Kier molecular flexibility index (Phi) is 9.06. The van der Waals surface area contributed by atoms with E-state index in [4.69, 9.17) is 18.9 Å². The summed E-state index contributed by atoms with van der Waals surface area (Å²) in [4.78, 5) is 11.9. The normalized spacial score (nSPS) is 13.0. The van der Waals surface area contributed by atoms with Gasteiger partial charge in [0.1, 0.15) is 23.9 Å². The van der Waals surface area contributed by atoms with Gasteiger partial charge >= 0.3 is 6.16 Å². The summed E-state index contributed by atoms with van der Waals surface area (Å²) < 4.78 is 22.8. The fourth-order valence-corrected chi connectivity index (χ4v) is 3.17. The maximum absolute atomic E-state index is 11.9. The van der Waals surface area contributed by atoms with Crippen LogP contribution >= 0.6 is 0 Å². The minimum absolute atomic E-state index is 0.0160. The molecule has 0 aliphatic rings. The Morgan fingerprint density at radius 3 is 2.39 bits per heavy atom. The Labute approximate surface area is 195 Å². The number of nitriles is 1. The summed E-state index contributed by atoms with van der Waals surface area (Å²) in [5.41, 5.74) is 3.54. The van der Waals surface area contributed by atoms with Crippen LogP contribution in [0.5, 0.6) is 0 Å². The molecule has 0 N–H and O–H groups in total. The number of methoxy groups -OCH3 is 1. The Morgan fingerprint density at radius 2 is 1.85 bits per heavy atom. The second-order valence-electron chi connectivity index (χ2n) is 8.52. The lowest BCUT2D eigenvalue weighted by atomic mass is 9.86. The number of rotatable bonds is 9. The van der Waals surface area contributed by atoms with Gasteiger partial charge in [-0.3, -0.25) is 4.68 Å². The van der Waals surface area contributed by atoms with Gasteiger partial charge in [-0.05, 0) is 36.5 Å². The summed E-state index contributed by atoms with van der Waals surface area (Å²) in [6.45, 7) is 12.7. The average molecular weight is 456 g/mol. The van der Waals surface area contributed by atoms with Crippen LogP contribution in [-0.2, 0) is 30.9 Å². The van der Waals surface area contributed by atoms with Gasteiger partial charge in [-0.1, -0.05) is 45.0 Å². The molecule has 1 heterocycles. The van der Waals surface area contributed by atoms with Crippen LogP contribution in [0.1, 0.15) is 57.1 Å². The standard InChI is InChI=1S/C25H33N3O5/c1-8-28-22(15-17(2)27-28)23(32-18(3)33-24(29)31-14-13-30-7)21(16-26)19-9-11-20(12-10-19)25(4,5)6/h9-12,15,18H,8,13-14H2,1-7H3/b23-21-. The van der Waals surface area contributed by atoms with Crippen molar-refractivity contribution < 1.29 is 23.7 Å². The van der Waals surface area contributed by atoms with Crippen molar-refractivity contribution in [1.29, 1.82) is 5.26 Å². The number of aromatic nitrogens is 2. The van der Waals surface area contributed by atoms with Crippen molar-refractivity contribution in [1.82, 2.24) is 9.78 Å². The van der Waals surface area contributed by atoms with Gasteiger partial charge in [0.05, 0.1) is 12.3 Å². The van der Waals surface area contributed by atoms with Crippen molar-refractivity contribution in [3.8, 4) is 6.07 Å². The minimum Gasteiger partial charge on any atom is -0.451 e. The smallest absolute Gasteiger partial charge is 0.451 e. The molecule has 0 bridgehead atoms. The number of ether oxygens (including phenoxy) is 4. The van der Waals surface area contributed by atoms with Crippen LogP contribution in [0, 0.1) is 18.3 Å². The first-order valence-corrected chi connectivity index (χ1v) is 10.9. The molecule has 0 saturated carbocycles. The van der Waals surface area contributed by atoms with E-state index >= 15 is 0 Å². The number of hydrogen-bond donors (Lipinski definition) is 0. The van der Waals surface area contributed by atoms with Crippen molar-refractivity contribution in [2.24, 2.45) is 0 Å². The highest BCUT2D eigenvalue weighted by Gasteiger charge is 2.23. The zero-order chi connectivity index (χ0) is 24.6. The van der Waals surface area contributed by atoms with E-state index in [1.165, 1.54) is 7.11 Å². The van der Waals surface area contributed by atoms with Crippen molar-refractivity contribution in [2.45, 2.75) is 59.8 Å².